The average Bonchev–Trinajstić information content (AvgIpc) is 3.37. The summed E-state index contributed by atoms with van der Waals surface area (Å²) in [6.45, 7) is 9.56. The number of piperidine rings is 1. The van der Waals surface area contributed by atoms with Crippen LogP contribution in [-0.4, -0.2) is 54.7 Å². The highest BCUT2D eigenvalue weighted by Gasteiger charge is 2.25. The van der Waals surface area contributed by atoms with Crippen LogP contribution < -0.4 is 0 Å². The summed E-state index contributed by atoms with van der Waals surface area (Å²) in [6.07, 6.45) is 3.58. The molecule has 1 aromatic carbocycles. The number of aliphatic hydroxyl groups is 1. The van der Waals surface area contributed by atoms with E-state index >= 15 is 0 Å². The third-order valence-electron chi connectivity index (χ3n) is 6.95. The van der Waals surface area contributed by atoms with E-state index in [0.717, 1.165) is 54.2 Å². The number of aromatic amines is 1. The third kappa shape index (κ3) is 4.20. The van der Waals surface area contributed by atoms with Gasteiger partial charge in [-0.3, -0.25) is 4.79 Å². The lowest BCUT2D eigenvalue weighted by Gasteiger charge is -2.32. The molecule has 0 radical (unpaired) electrons. The van der Waals surface area contributed by atoms with Gasteiger partial charge in [-0.1, -0.05) is 19.9 Å². The topological polar surface area (TPSA) is 86.5 Å². The number of amides is 1. The molecule has 5 rings (SSSR count). The second kappa shape index (κ2) is 8.87. The van der Waals surface area contributed by atoms with Gasteiger partial charge in [0, 0.05) is 35.8 Å². The van der Waals surface area contributed by atoms with Crippen molar-refractivity contribution in [2.24, 2.45) is 0 Å². The number of carbonyl (C=O) groups excluding carboxylic acids is 1. The van der Waals surface area contributed by atoms with Crippen molar-refractivity contribution in [1.82, 2.24) is 24.5 Å². The van der Waals surface area contributed by atoms with Crippen LogP contribution in [0.15, 0.2) is 36.5 Å². The summed E-state index contributed by atoms with van der Waals surface area (Å²) in [6, 6.07) is 10.9. The van der Waals surface area contributed by atoms with Crippen LogP contribution in [0.1, 0.15) is 68.8 Å². The van der Waals surface area contributed by atoms with E-state index in [1.54, 1.807) is 6.92 Å². The fraction of sp³-hybridized carbons (Fsp3) is 0.444. The third-order valence-corrected chi connectivity index (χ3v) is 6.95. The Morgan fingerprint density at radius 3 is 2.65 bits per heavy atom. The highest BCUT2D eigenvalue weighted by molar-refractivity contribution is 5.92. The molecule has 1 aliphatic heterocycles. The van der Waals surface area contributed by atoms with E-state index in [1.807, 2.05) is 28.6 Å². The van der Waals surface area contributed by atoms with Crippen molar-refractivity contribution in [3.63, 3.8) is 0 Å². The Labute approximate surface area is 199 Å². The zero-order valence-electron chi connectivity index (χ0n) is 20.4. The predicted molar refractivity (Wildman–Crippen MR) is 134 cm³/mol. The van der Waals surface area contributed by atoms with Gasteiger partial charge < -0.3 is 15.0 Å². The molecule has 0 aliphatic carbocycles. The number of benzene rings is 1. The zero-order chi connectivity index (χ0) is 24.0. The Kier molecular flexibility index (Phi) is 5.90. The molecule has 1 fully saturated rings. The van der Waals surface area contributed by atoms with Gasteiger partial charge in [-0.05, 0) is 73.9 Å². The number of hydrogen-bond donors (Lipinski definition) is 2. The fourth-order valence-corrected chi connectivity index (χ4v) is 5.30. The summed E-state index contributed by atoms with van der Waals surface area (Å²) in [5, 5.41) is 15.3. The molecule has 1 aliphatic rings. The van der Waals surface area contributed by atoms with Gasteiger partial charge in [-0.15, -0.1) is 0 Å². The second-order valence-corrected chi connectivity index (χ2v) is 9.96. The standard InChI is InChI=1S/C27H33N5O2/c1-16(2)26-22-14-20(19-9-11-31(12-10-19)25(34)13-17(3)33)5-7-23(22)29-27(26)21-6-8-24-28-18(4)30-32(24)15-21/h5-8,14-17,19,29,33H,9-13H2,1-4H3. The van der Waals surface area contributed by atoms with E-state index in [1.165, 1.54) is 16.5 Å². The summed E-state index contributed by atoms with van der Waals surface area (Å²) in [5.74, 6) is 1.61. The lowest BCUT2D eigenvalue weighted by molar-refractivity contribution is -0.134. The lowest BCUT2D eigenvalue weighted by Crippen LogP contribution is -2.39. The summed E-state index contributed by atoms with van der Waals surface area (Å²) >= 11 is 0. The van der Waals surface area contributed by atoms with E-state index in [2.05, 4.69) is 53.2 Å². The Morgan fingerprint density at radius 2 is 1.94 bits per heavy atom. The van der Waals surface area contributed by atoms with Crippen molar-refractivity contribution < 1.29 is 9.90 Å². The van der Waals surface area contributed by atoms with E-state index in [0.29, 0.717) is 11.8 Å². The number of aromatic nitrogens is 4. The minimum Gasteiger partial charge on any atom is -0.393 e. The van der Waals surface area contributed by atoms with Crippen LogP contribution in [0.2, 0.25) is 0 Å². The normalized spacial score (nSPS) is 16.1. The molecule has 0 saturated carbocycles. The summed E-state index contributed by atoms with van der Waals surface area (Å²) in [4.78, 5) is 22.3. The molecular formula is C27H33N5O2. The molecule has 7 heteroatoms. The summed E-state index contributed by atoms with van der Waals surface area (Å²) in [7, 11) is 0. The Morgan fingerprint density at radius 1 is 1.18 bits per heavy atom. The minimum absolute atomic E-state index is 0.0563. The van der Waals surface area contributed by atoms with Crippen molar-refractivity contribution in [2.45, 2.75) is 64.9 Å². The molecule has 0 spiro atoms. The first-order valence-electron chi connectivity index (χ1n) is 12.2. The van der Waals surface area contributed by atoms with Crippen molar-refractivity contribution in [2.75, 3.05) is 13.1 Å². The Balaban J connectivity index is 1.45. The number of likely N-dealkylation sites (tertiary alicyclic amines) is 1. The maximum Gasteiger partial charge on any atom is 0.225 e. The Hall–Kier alpha value is -3.19. The molecule has 1 saturated heterocycles. The monoisotopic (exact) mass is 459 g/mol. The minimum atomic E-state index is -0.584. The molecule has 2 N–H and O–H groups in total. The van der Waals surface area contributed by atoms with Gasteiger partial charge in [0.05, 0.1) is 18.2 Å². The number of nitrogens with zero attached hydrogens (tertiary/aromatic N) is 4. The van der Waals surface area contributed by atoms with Gasteiger partial charge in [-0.25, -0.2) is 9.50 Å². The molecule has 0 bridgehead atoms. The van der Waals surface area contributed by atoms with Crippen LogP contribution in [0.3, 0.4) is 0 Å². The number of aliphatic hydroxyl groups excluding tert-OH is 1. The highest BCUT2D eigenvalue weighted by atomic mass is 16.3. The van der Waals surface area contributed by atoms with Crippen LogP contribution in [0.5, 0.6) is 0 Å². The quantitative estimate of drug-likeness (QED) is 0.449. The number of hydrogen-bond acceptors (Lipinski definition) is 4. The molecule has 1 amide bonds. The molecule has 4 heterocycles. The number of pyridine rings is 1. The molecule has 7 nitrogen and oxygen atoms in total. The molecule has 4 aromatic rings. The van der Waals surface area contributed by atoms with Gasteiger partial charge in [0.2, 0.25) is 5.91 Å². The van der Waals surface area contributed by atoms with Crippen LogP contribution in [0.25, 0.3) is 27.8 Å². The summed E-state index contributed by atoms with van der Waals surface area (Å²) < 4.78 is 1.85. The average molecular weight is 460 g/mol. The zero-order valence-corrected chi connectivity index (χ0v) is 20.4. The van der Waals surface area contributed by atoms with Crippen molar-refractivity contribution >= 4 is 22.5 Å². The summed E-state index contributed by atoms with van der Waals surface area (Å²) in [5.41, 5.74) is 6.88. The van der Waals surface area contributed by atoms with Crippen LogP contribution in [0, 0.1) is 6.92 Å². The number of carbonyl (C=O) groups is 1. The van der Waals surface area contributed by atoms with Crippen molar-refractivity contribution in [3.8, 4) is 11.3 Å². The largest absolute Gasteiger partial charge is 0.393 e. The molecular weight excluding hydrogens is 426 g/mol. The predicted octanol–water partition coefficient (Wildman–Crippen LogP) is 4.79. The number of fused-ring (bicyclic) bond motifs is 2. The molecule has 178 valence electrons. The highest BCUT2D eigenvalue weighted by Crippen LogP contribution is 2.38. The SMILES string of the molecule is Cc1nc2ccc(-c3[nH]c4ccc(C5CCN(C(=O)CC(C)O)CC5)cc4c3C(C)C)cn2n1. The maximum atomic E-state index is 12.3. The number of aryl methyl sites for hydroxylation is 1. The van der Waals surface area contributed by atoms with Crippen LogP contribution >= 0.6 is 0 Å². The number of nitrogens with one attached hydrogen (secondary N) is 1. The van der Waals surface area contributed by atoms with Crippen molar-refractivity contribution in [1.29, 1.82) is 0 Å². The Bertz CT molecular complexity index is 1340. The fourth-order valence-electron chi connectivity index (χ4n) is 5.30. The van der Waals surface area contributed by atoms with Gasteiger partial charge >= 0.3 is 0 Å². The van der Waals surface area contributed by atoms with E-state index in [9.17, 15) is 9.90 Å². The van der Waals surface area contributed by atoms with E-state index in [4.69, 9.17) is 0 Å². The van der Waals surface area contributed by atoms with Gasteiger partial charge in [-0.2, -0.15) is 5.10 Å². The first-order chi connectivity index (χ1) is 16.3. The molecule has 34 heavy (non-hydrogen) atoms. The van der Waals surface area contributed by atoms with Crippen LogP contribution in [-0.2, 0) is 4.79 Å². The molecule has 1 unspecified atom stereocenters. The number of H-pyrrole nitrogens is 1. The van der Waals surface area contributed by atoms with Gasteiger partial charge in [0.15, 0.2) is 5.65 Å². The number of rotatable bonds is 5. The van der Waals surface area contributed by atoms with Crippen LogP contribution in [0.4, 0.5) is 0 Å². The van der Waals surface area contributed by atoms with Gasteiger partial charge in [0.25, 0.3) is 0 Å². The smallest absolute Gasteiger partial charge is 0.225 e. The first kappa shape index (κ1) is 22.6. The molecule has 1 atom stereocenters. The van der Waals surface area contributed by atoms with Crippen molar-refractivity contribution in [3.05, 3.63) is 53.5 Å². The maximum absolute atomic E-state index is 12.3. The lowest BCUT2D eigenvalue weighted by atomic mass is 9.87. The molecule has 3 aromatic heterocycles. The second-order valence-electron chi connectivity index (χ2n) is 9.96. The van der Waals surface area contributed by atoms with E-state index < -0.39 is 6.10 Å². The first-order valence-corrected chi connectivity index (χ1v) is 12.2. The van der Waals surface area contributed by atoms with Gasteiger partial charge in [0.1, 0.15) is 5.82 Å². The van der Waals surface area contributed by atoms with E-state index in [-0.39, 0.29) is 12.3 Å².